The molecule has 1 aliphatic heterocycles. The third kappa shape index (κ3) is 11.7. The molecule has 230 valence electrons. The number of unbranched alkanes of at least 4 members (excludes halogenated alkanes) is 5. The molecule has 0 spiro atoms. The van der Waals surface area contributed by atoms with Crippen LogP contribution in [0.2, 0.25) is 0 Å². The van der Waals surface area contributed by atoms with E-state index in [0.717, 1.165) is 44.7 Å². The van der Waals surface area contributed by atoms with Crippen molar-refractivity contribution in [3.8, 4) is 5.75 Å². The Bertz CT molecular complexity index is 981. The molecule has 4 unspecified atom stereocenters. The molecule has 41 heavy (non-hydrogen) atoms. The molecule has 0 aromatic heterocycles. The summed E-state index contributed by atoms with van der Waals surface area (Å²) in [4.78, 5) is 4.92. The van der Waals surface area contributed by atoms with Crippen LogP contribution < -0.4 is 9.64 Å². The smallest absolute Gasteiger partial charge is 0.142 e. The summed E-state index contributed by atoms with van der Waals surface area (Å²) in [6, 6.07) is 6.87. The molecule has 0 radical (unpaired) electrons. The minimum atomic E-state index is 0.119. The number of alkyl halides is 1. The summed E-state index contributed by atoms with van der Waals surface area (Å²) in [5.74, 6) is 2.27. The lowest BCUT2D eigenvalue weighted by atomic mass is 9.86. The Morgan fingerprint density at radius 1 is 1.10 bits per heavy atom. The van der Waals surface area contributed by atoms with Crippen LogP contribution in [0.5, 0.6) is 5.75 Å². The van der Waals surface area contributed by atoms with Gasteiger partial charge >= 0.3 is 0 Å². The molecule has 0 fully saturated rings. The van der Waals surface area contributed by atoms with Crippen molar-refractivity contribution < 1.29 is 4.74 Å². The van der Waals surface area contributed by atoms with Gasteiger partial charge in [-0.2, -0.15) is 0 Å². The molecule has 0 saturated heterocycles. The lowest BCUT2D eigenvalue weighted by Crippen LogP contribution is -2.32. The summed E-state index contributed by atoms with van der Waals surface area (Å²) in [7, 11) is 4.33. The van der Waals surface area contributed by atoms with Gasteiger partial charge in [-0.3, -0.25) is 0 Å². The number of anilines is 1. The number of rotatable bonds is 15. The van der Waals surface area contributed by atoms with Gasteiger partial charge < -0.3 is 14.5 Å². The highest BCUT2D eigenvalue weighted by Crippen LogP contribution is 2.39. The van der Waals surface area contributed by atoms with Crippen LogP contribution in [0.4, 0.5) is 5.69 Å². The summed E-state index contributed by atoms with van der Waals surface area (Å²) < 4.78 is 6.54. The Balaban J connectivity index is 0.00000187. The number of hydrogen-bond donors (Lipinski definition) is 0. The van der Waals surface area contributed by atoms with Gasteiger partial charge in [-0.25, -0.2) is 0 Å². The van der Waals surface area contributed by atoms with Gasteiger partial charge in [0.15, 0.2) is 0 Å². The van der Waals surface area contributed by atoms with Crippen LogP contribution in [-0.2, 0) is 0 Å². The Kier molecular flexibility index (Phi) is 16.6. The van der Waals surface area contributed by atoms with Gasteiger partial charge in [0.25, 0.3) is 0 Å². The van der Waals surface area contributed by atoms with Gasteiger partial charge in [0.1, 0.15) is 5.75 Å². The topological polar surface area (TPSA) is 15.7 Å². The number of ether oxygens (including phenoxy) is 1. The monoisotopic (exact) mass is 582 g/mol. The first-order chi connectivity index (χ1) is 19.7. The van der Waals surface area contributed by atoms with Crippen LogP contribution in [0.3, 0.4) is 0 Å². The van der Waals surface area contributed by atoms with Gasteiger partial charge in [0, 0.05) is 19.0 Å². The van der Waals surface area contributed by atoms with E-state index in [1.165, 1.54) is 67.5 Å². The number of benzene rings is 1. The predicted molar refractivity (Wildman–Crippen MR) is 183 cm³/mol. The first kappa shape index (κ1) is 35.2. The van der Waals surface area contributed by atoms with Gasteiger partial charge in [0.05, 0.1) is 17.7 Å². The average molecular weight is 583 g/mol. The number of fused-ring (bicyclic) bond motifs is 1. The Labute approximate surface area is 258 Å². The number of halogens is 1. The normalized spacial score (nSPS) is 20.0. The average Bonchev–Trinajstić information content (AvgIpc) is 3.13. The van der Waals surface area contributed by atoms with Gasteiger partial charge in [-0.15, -0.1) is 24.8 Å². The number of hydrogen-bond acceptors (Lipinski definition) is 3. The van der Waals surface area contributed by atoms with Crippen molar-refractivity contribution in [2.45, 2.75) is 96.8 Å². The zero-order chi connectivity index (χ0) is 30.2. The Hall–Kier alpha value is -1.97. The van der Waals surface area contributed by atoms with Crippen LogP contribution in [0.1, 0.15) is 97.0 Å². The van der Waals surface area contributed by atoms with E-state index in [9.17, 15) is 0 Å². The molecule has 0 amide bonds. The van der Waals surface area contributed by atoms with Gasteiger partial charge in [-0.05, 0) is 88.4 Å². The molecule has 1 aromatic rings. The first-order valence-corrected chi connectivity index (χ1v) is 16.6. The van der Waals surface area contributed by atoms with Crippen molar-refractivity contribution in [3.63, 3.8) is 0 Å². The SMILES string of the molecule is C=CC.C=CC(C)C(C)c1ccc2c(c1)N(CCCCCCCCN(C)C)CC(C1=C(CCC)CC(Cl)C=C1)CO2. The van der Waals surface area contributed by atoms with Crippen LogP contribution in [0, 0.1) is 11.8 Å². The van der Waals surface area contributed by atoms with Crippen LogP contribution in [-0.4, -0.2) is 50.6 Å². The van der Waals surface area contributed by atoms with E-state index in [1.807, 2.05) is 6.92 Å². The van der Waals surface area contributed by atoms with E-state index < -0.39 is 0 Å². The van der Waals surface area contributed by atoms with E-state index >= 15 is 0 Å². The fraction of sp³-hybridized carbons (Fsp3) is 0.622. The van der Waals surface area contributed by atoms with Crippen molar-refractivity contribution in [3.05, 3.63) is 72.4 Å². The largest absolute Gasteiger partial charge is 0.491 e. The second kappa shape index (κ2) is 19.3. The molecule has 2 aliphatic rings. The highest BCUT2D eigenvalue weighted by Gasteiger charge is 2.28. The molecule has 3 nitrogen and oxygen atoms in total. The standard InChI is InChI=1S/C34H53ClN2O.C3H6/c1-7-15-29-22-31(35)17-18-32(29)30-24-37(21-14-12-10-9-11-13-20-36(5)6)33-23-28(27(4)26(3)8-2)16-19-34(33)38-25-30;1-3-2/h8,16-19,23,26-27,30-31H,2,7,9-15,20-22,24-25H2,1,3-6H3;3H,1H2,2H3. The minimum Gasteiger partial charge on any atom is -0.491 e. The lowest BCUT2D eigenvalue weighted by molar-refractivity contribution is 0.282. The second-order valence-electron chi connectivity index (χ2n) is 12.3. The van der Waals surface area contributed by atoms with E-state index in [-0.39, 0.29) is 5.38 Å². The van der Waals surface area contributed by atoms with Crippen molar-refractivity contribution in [1.29, 1.82) is 0 Å². The van der Waals surface area contributed by atoms with Crippen molar-refractivity contribution in [2.24, 2.45) is 11.8 Å². The minimum absolute atomic E-state index is 0.119. The summed E-state index contributed by atoms with van der Waals surface area (Å²) in [5.41, 5.74) is 5.64. The number of allylic oxidation sites excluding steroid dienone is 5. The molecule has 0 saturated carbocycles. The summed E-state index contributed by atoms with van der Waals surface area (Å²) >= 11 is 6.54. The van der Waals surface area contributed by atoms with Crippen molar-refractivity contribution in [2.75, 3.05) is 45.2 Å². The molecule has 1 heterocycles. The van der Waals surface area contributed by atoms with Crippen molar-refractivity contribution in [1.82, 2.24) is 4.90 Å². The third-order valence-corrected chi connectivity index (χ3v) is 8.80. The Morgan fingerprint density at radius 2 is 1.78 bits per heavy atom. The quantitative estimate of drug-likeness (QED) is 0.116. The molecule has 0 bridgehead atoms. The third-order valence-electron chi connectivity index (χ3n) is 8.50. The molecular formula is C37H59ClN2O. The molecular weight excluding hydrogens is 524 g/mol. The zero-order valence-corrected chi connectivity index (χ0v) is 27.9. The van der Waals surface area contributed by atoms with Gasteiger partial charge in [-0.1, -0.05) is 88.8 Å². The van der Waals surface area contributed by atoms with Crippen LogP contribution in [0.15, 0.2) is 66.8 Å². The Morgan fingerprint density at radius 3 is 2.44 bits per heavy atom. The molecule has 1 aromatic carbocycles. The summed E-state index contributed by atoms with van der Waals surface area (Å²) in [6.45, 7) is 20.1. The maximum Gasteiger partial charge on any atom is 0.142 e. The summed E-state index contributed by atoms with van der Waals surface area (Å²) in [5, 5.41) is 0.119. The number of nitrogens with zero attached hydrogens (tertiary/aromatic N) is 2. The lowest BCUT2D eigenvalue weighted by Gasteiger charge is -2.30. The molecule has 3 rings (SSSR count). The fourth-order valence-corrected chi connectivity index (χ4v) is 6.12. The van der Waals surface area contributed by atoms with Crippen LogP contribution >= 0.6 is 11.6 Å². The summed E-state index contributed by atoms with van der Waals surface area (Å²) in [6.07, 6.45) is 19.4. The zero-order valence-electron chi connectivity index (χ0n) is 27.1. The highest BCUT2D eigenvalue weighted by atomic mass is 35.5. The molecule has 4 atom stereocenters. The van der Waals surface area contributed by atoms with E-state index in [1.54, 1.807) is 6.08 Å². The van der Waals surface area contributed by atoms with Crippen molar-refractivity contribution >= 4 is 17.3 Å². The molecule has 0 N–H and O–H groups in total. The first-order valence-electron chi connectivity index (χ1n) is 16.2. The van der Waals surface area contributed by atoms with E-state index in [4.69, 9.17) is 16.3 Å². The highest BCUT2D eigenvalue weighted by molar-refractivity contribution is 6.22. The van der Waals surface area contributed by atoms with E-state index in [2.05, 4.69) is 94.3 Å². The maximum atomic E-state index is 6.54. The molecule has 4 heteroatoms. The fourth-order valence-electron chi connectivity index (χ4n) is 5.86. The maximum absolute atomic E-state index is 6.54. The molecule has 1 aliphatic carbocycles. The second-order valence-corrected chi connectivity index (χ2v) is 12.8. The van der Waals surface area contributed by atoms with Gasteiger partial charge in [0.2, 0.25) is 0 Å². The van der Waals surface area contributed by atoms with Crippen LogP contribution in [0.25, 0.3) is 0 Å². The predicted octanol–water partition coefficient (Wildman–Crippen LogP) is 10.2. The van der Waals surface area contributed by atoms with E-state index in [0.29, 0.717) is 17.8 Å².